The van der Waals surface area contributed by atoms with Crippen LogP contribution in [0.5, 0.6) is 0 Å². The molecule has 1 aromatic heterocycles. The lowest BCUT2D eigenvalue weighted by molar-refractivity contribution is -0.0413. The van der Waals surface area contributed by atoms with Crippen molar-refractivity contribution in [2.24, 2.45) is 0 Å². The first-order valence-corrected chi connectivity index (χ1v) is 5.54. The Morgan fingerprint density at radius 1 is 1.36 bits per heavy atom. The van der Waals surface area contributed by atoms with E-state index in [0.29, 0.717) is 13.2 Å². The van der Waals surface area contributed by atoms with Gasteiger partial charge in [0.05, 0.1) is 18.1 Å². The zero-order chi connectivity index (χ0) is 9.97. The average Bonchev–Trinajstić information content (AvgIpc) is 2.69. The molecule has 78 valence electrons. The Kier molecular flexibility index (Phi) is 3.18. The fourth-order valence-corrected chi connectivity index (χ4v) is 2.57. The van der Waals surface area contributed by atoms with Crippen LogP contribution in [-0.4, -0.2) is 32.2 Å². The number of ether oxygens (including phenoxy) is 2. The molecule has 4 heteroatoms. The number of rotatable bonds is 3. The predicted octanol–water partition coefficient (Wildman–Crippen LogP) is 1.86. The molecule has 0 aliphatic carbocycles. The van der Waals surface area contributed by atoms with Crippen LogP contribution >= 0.6 is 11.3 Å². The minimum atomic E-state index is -0.115. The summed E-state index contributed by atoms with van der Waals surface area (Å²) in [4.78, 5) is 4.69. The van der Waals surface area contributed by atoms with Gasteiger partial charge in [-0.15, -0.1) is 11.3 Å². The molecule has 14 heavy (non-hydrogen) atoms. The van der Waals surface area contributed by atoms with Crippen LogP contribution in [0.1, 0.15) is 16.0 Å². The van der Waals surface area contributed by atoms with Gasteiger partial charge in [-0.05, 0) is 26.2 Å². The van der Waals surface area contributed by atoms with E-state index in [2.05, 4.69) is 31.1 Å². The van der Waals surface area contributed by atoms with Gasteiger partial charge in [0.15, 0.2) is 6.29 Å². The second-order valence-electron chi connectivity index (χ2n) is 3.62. The Bertz CT molecular complexity index is 292. The second kappa shape index (κ2) is 4.40. The van der Waals surface area contributed by atoms with E-state index in [9.17, 15) is 0 Å². The molecule has 0 unspecified atom stereocenters. The second-order valence-corrected chi connectivity index (χ2v) is 4.82. The number of thiophene rings is 1. The predicted molar refractivity (Wildman–Crippen MR) is 56.4 cm³/mol. The summed E-state index contributed by atoms with van der Waals surface area (Å²) in [5, 5.41) is 0. The Morgan fingerprint density at radius 2 is 2.07 bits per heavy atom. The summed E-state index contributed by atoms with van der Waals surface area (Å²) in [5.41, 5.74) is 0. The molecule has 1 aromatic rings. The van der Waals surface area contributed by atoms with E-state index >= 15 is 0 Å². The molecule has 1 aliphatic rings. The summed E-state index contributed by atoms with van der Waals surface area (Å²) in [5.74, 6) is 0. The Morgan fingerprint density at radius 3 is 2.71 bits per heavy atom. The maximum Gasteiger partial charge on any atom is 0.193 e. The van der Waals surface area contributed by atoms with E-state index in [1.54, 1.807) is 11.3 Å². The summed E-state index contributed by atoms with van der Waals surface area (Å²) >= 11 is 1.77. The fraction of sp³-hybridized carbons (Fsp3) is 0.600. The maximum absolute atomic E-state index is 5.43. The van der Waals surface area contributed by atoms with Crippen LogP contribution in [0.25, 0.3) is 0 Å². The maximum atomic E-state index is 5.43. The molecule has 0 bridgehead atoms. The van der Waals surface area contributed by atoms with E-state index in [4.69, 9.17) is 9.47 Å². The SMILES string of the molecule is CN(C)Cc1ccc(C2OCCO2)s1. The van der Waals surface area contributed by atoms with Crippen molar-refractivity contribution in [1.82, 2.24) is 4.90 Å². The molecular weight excluding hydrogens is 198 g/mol. The monoisotopic (exact) mass is 213 g/mol. The molecule has 2 heterocycles. The van der Waals surface area contributed by atoms with Crippen molar-refractivity contribution in [3.8, 4) is 0 Å². The standard InChI is InChI=1S/C10H15NO2S/c1-11(2)7-8-3-4-9(14-8)10-12-5-6-13-10/h3-4,10H,5-7H2,1-2H3. The molecule has 0 N–H and O–H groups in total. The molecule has 3 nitrogen and oxygen atoms in total. The summed E-state index contributed by atoms with van der Waals surface area (Å²) in [6.07, 6.45) is -0.115. The van der Waals surface area contributed by atoms with E-state index in [-0.39, 0.29) is 6.29 Å². The van der Waals surface area contributed by atoms with Crippen molar-refractivity contribution in [2.45, 2.75) is 12.8 Å². The highest BCUT2D eigenvalue weighted by atomic mass is 32.1. The molecule has 0 atom stereocenters. The zero-order valence-corrected chi connectivity index (χ0v) is 9.34. The lowest BCUT2D eigenvalue weighted by Crippen LogP contribution is -2.09. The topological polar surface area (TPSA) is 21.7 Å². The first-order chi connectivity index (χ1) is 6.75. The van der Waals surface area contributed by atoms with Crippen molar-refractivity contribution in [2.75, 3.05) is 27.3 Å². The van der Waals surface area contributed by atoms with Crippen molar-refractivity contribution in [1.29, 1.82) is 0 Å². The van der Waals surface area contributed by atoms with Crippen LogP contribution in [0.2, 0.25) is 0 Å². The van der Waals surface area contributed by atoms with Gasteiger partial charge in [0, 0.05) is 11.4 Å². The number of nitrogens with zero attached hydrogens (tertiary/aromatic N) is 1. The van der Waals surface area contributed by atoms with Crippen LogP contribution in [0, 0.1) is 0 Å². The smallest absolute Gasteiger partial charge is 0.193 e. The molecule has 2 rings (SSSR count). The summed E-state index contributed by atoms with van der Waals surface area (Å²) < 4.78 is 10.9. The quantitative estimate of drug-likeness (QED) is 0.765. The summed E-state index contributed by atoms with van der Waals surface area (Å²) in [6, 6.07) is 4.24. The molecule has 0 amide bonds. The molecule has 1 saturated heterocycles. The highest BCUT2D eigenvalue weighted by Gasteiger charge is 2.19. The van der Waals surface area contributed by atoms with Crippen LogP contribution in [0.3, 0.4) is 0 Å². The van der Waals surface area contributed by atoms with Gasteiger partial charge in [-0.2, -0.15) is 0 Å². The van der Waals surface area contributed by atoms with Gasteiger partial charge in [-0.3, -0.25) is 0 Å². The van der Waals surface area contributed by atoms with Crippen molar-refractivity contribution in [3.05, 3.63) is 21.9 Å². The minimum absolute atomic E-state index is 0.115. The molecular formula is C10H15NO2S. The van der Waals surface area contributed by atoms with E-state index < -0.39 is 0 Å². The Balaban J connectivity index is 2.01. The third-order valence-corrected chi connectivity index (χ3v) is 3.10. The molecule has 1 fully saturated rings. The first-order valence-electron chi connectivity index (χ1n) is 4.72. The fourth-order valence-electron chi connectivity index (χ4n) is 1.44. The molecule has 0 aromatic carbocycles. The lowest BCUT2D eigenvalue weighted by Gasteiger charge is -2.07. The third kappa shape index (κ3) is 2.33. The van der Waals surface area contributed by atoms with Gasteiger partial charge in [0.25, 0.3) is 0 Å². The van der Waals surface area contributed by atoms with Gasteiger partial charge in [-0.25, -0.2) is 0 Å². The van der Waals surface area contributed by atoms with Crippen LogP contribution in [-0.2, 0) is 16.0 Å². The van der Waals surface area contributed by atoms with Crippen molar-refractivity contribution < 1.29 is 9.47 Å². The van der Waals surface area contributed by atoms with E-state index in [1.807, 2.05) is 0 Å². The van der Waals surface area contributed by atoms with E-state index in [1.165, 1.54) is 9.75 Å². The van der Waals surface area contributed by atoms with Crippen LogP contribution in [0.4, 0.5) is 0 Å². The zero-order valence-electron chi connectivity index (χ0n) is 8.53. The van der Waals surface area contributed by atoms with Gasteiger partial charge in [0.2, 0.25) is 0 Å². The van der Waals surface area contributed by atoms with E-state index in [0.717, 1.165) is 6.54 Å². The van der Waals surface area contributed by atoms with Crippen molar-refractivity contribution >= 4 is 11.3 Å². The molecule has 1 aliphatic heterocycles. The number of hydrogen-bond donors (Lipinski definition) is 0. The molecule has 0 radical (unpaired) electrons. The largest absolute Gasteiger partial charge is 0.345 e. The average molecular weight is 213 g/mol. The highest BCUT2D eigenvalue weighted by molar-refractivity contribution is 7.12. The third-order valence-electron chi connectivity index (χ3n) is 2.01. The van der Waals surface area contributed by atoms with Gasteiger partial charge < -0.3 is 14.4 Å². The van der Waals surface area contributed by atoms with Gasteiger partial charge >= 0.3 is 0 Å². The Labute approximate surface area is 88.2 Å². The van der Waals surface area contributed by atoms with Gasteiger partial charge in [-0.1, -0.05) is 0 Å². The first kappa shape index (κ1) is 10.1. The molecule has 0 spiro atoms. The highest BCUT2D eigenvalue weighted by Crippen LogP contribution is 2.29. The lowest BCUT2D eigenvalue weighted by atomic mass is 10.4. The Hall–Kier alpha value is -0.420. The van der Waals surface area contributed by atoms with Crippen LogP contribution in [0.15, 0.2) is 12.1 Å². The van der Waals surface area contributed by atoms with Gasteiger partial charge in [0.1, 0.15) is 0 Å². The summed E-state index contributed by atoms with van der Waals surface area (Å²) in [6.45, 7) is 2.41. The molecule has 0 saturated carbocycles. The summed E-state index contributed by atoms with van der Waals surface area (Å²) in [7, 11) is 4.14. The van der Waals surface area contributed by atoms with Crippen molar-refractivity contribution in [3.63, 3.8) is 0 Å². The minimum Gasteiger partial charge on any atom is -0.345 e. The normalized spacial score (nSPS) is 18.2. The van der Waals surface area contributed by atoms with Crippen LogP contribution < -0.4 is 0 Å². The number of hydrogen-bond acceptors (Lipinski definition) is 4.